The molecular weight excluding hydrogens is 540 g/mol. The minimum atomic E-state index is -0.504. The van der Waals surface area contributed by atoms with Gasteiger partial charge in [0.25, 0.3) is 11.6 Å². The van der Waals surface area contributed by atoms with E-state index in [2.05, 4.69) is 15.6 Å². The van der Waals surface area contributed by atoms with Crippen molar-refractivity contribution in [1.82, 2.24) is 20.5 Å². The molecule has 1 fully saturated rings. The van der Waals surface area contributed by atoms with Gasteiger partial charge < -0.3 is 20.7 Å². The third-order valence-corrected chi connectivity index (χ3v) is 6.75. The van der Waals surface area contributed by atoms with Crippen LogP contribution in [0.25, 0.3) is 17.0 Å². The van der Waals surface area contributed by atoms with E-state index in [1.807, 2.05) is 24.3 Å². The van der Waals surface area contributed by atoms with Gasteiger partial charge in [0, 0.05) is 49.1 Å². The largest absolute Gasteiger partial charge is 0.494 e. The zero-order valence-electron chi connectivity index (χ0n) is 22.7. The van der Waals surface area contributed by atoms with Gasteiger partial charge in [-0.25, -0.2) is 9.79 Å². The number of non-ortho nitro benzene ring substituents is 1. The monoisotopic (exact) mass is 566 g/mol. The van der Waals surface area contributed by atoms with Gasteiger partial charge in [-0.3, -0.25) is 24.6 Å². The fourth-order valence-electron chi connectivity index (χ4n) is 4.56. The number of aromatic amines is 1. The Kier molecular flexibility index (Phi) is 7.52. The number of nitrogens with one attached hydrogen (secondary N) is 3. The molecule has 5 rings (SSSR count). The first-order valence-electron chi connectivity index (χ1n) is 12.9. The quantitative estimate of drug-likeness (QED) is 0.0821. The first-order valence-corrected chi connectivity index (χ1v) is 12.9. The summed E-state index contributed by atoms with van der Waals surface area (Å²) in [5.74, 6) is -0.743. The lowest BCUT2D eigenvalue weighted by Crippen LogP contribution is -2.25. The molecule has 212 valence electrons. The average molecular weight is 567 g/mol. The van der Waals surface area contributed by atoms with Crippen LogP contribution in [0.3, 0.4) is 0 Å². The van der Waals surface area contributed by atoms with Crippen molar-refractivity contribution in [3.05, 3.63) is 105 Å². The number of hydrogen-bond acceptors (Lipinski definition) is 7. The first-order chi connectivity index (χ1) is 20.1. The summed E-state index contributed by atoms with van der Waals surface area (Å²) in [6.07, 6.45) is 2.18. The van der Waals surface area contributed by atoms with Gasteiger partial charge in [0.2, 0.25) is 5.91 Å². The van der Waals surface area contributed by atoms with Crippen LogP contribution in [0.1, 0.15) is 29.2 Å². The highest BCUT2D eigenvalue weighted by molar-refractivity contribution is 6.22. The molecule has 1 saturated heterocycles. The lowest BCUT2D eigenvalue weighted by molar-refractivity contribution is -0.384. The van der Waals surface area contributed by atoms with Crippen molar-refractivity contribution in [1.29, 1.82) is 0 Å². The number of nitrogens with zero attached hydrogens (tertiary/aromatic N) is 3. The van der Waals surface area contributed by atoms with Gasteiger partial charge in [-0.1, -0.05) is 36.4 Å². The van der Waals surface area contributed by atoms with E-state index in [9.17, 15) is 29.6 Å². The van der Waals surface area contributed by atoms with Gasteiger partial charge in [0.15, 0.2) is 5.88 Å². The first kappa shape index (κ1) is 27.8. The Balaban J connectivity index is 1.56. The fourth-order valence-corrected chi connectivity index (χ4v) is 4.56. The molecule has 12 nitrogen and oxygen atoms in total. The smallest absolute Gasteiger partial charge is 0.328 e. The van der Waals surface area contributed by atoms with Crippen LogP contribution < -0.4 is 10.6 Å². The third kappa shape index (κ3) is 5.72. The van der Waals surface area contributed by atoms with Crippen LogP contribution >= 0.6 is 0 Å². The molecule has 3 aromatic carbocycles. The van der Waals surface area contributed by atoms with Crippen LogP contribution in [0, 0.1) is 10.1 Å². The summed E-state index contributed by atoms with van der Waals surface area (Å²) in [6.45, 7) is 1.94. The highest BCUT2D eigenvalue weighted by atomic mass is 16.6. The maximum absolute atomic E-state index is 12.2. The number of carbonyl (C=O) groups is 3. The number of hydrogen-bond donors (Lipinski definition) is 4. The summed E-state index contributed by atoms with van der Waals surface area (Å²) >= 11 is 0. The Bertz CT molecular complexity index is 1790. The number of aromatic hydroxyl groups is 1. The molecule has 1 aliphatic rings. The zero-order valence-corrected chi connectivity index (χ0v) is 22.7. The number of aromatic nitrogens is 1. The summed E-state index contributed by atoms with van der Waals surface area (Å²) in [5, 5.41) is 28.1. The van der Waals surface area contributed by atoms with E-state index in [0.717, 1.165) is 10.5 Å². The number of nitro groups is 1. The Hall–Kier alpha value is -5.78. The lowest BCUT2D eigenvalue weighted by Gasteiger charge is -2.10. The summed E-state index contributed by atoms with van der Waals surface area (Å²) in [7, 11) is 1.39. The van der Waals surface area contributed by atoms with Crippen LogP contribution in [0.4, 0.5) is 16.2 Å². The van der Waals surface area contributed by atoms with Gasteiger partial charge in [0.1, 0.15) is 5.70 Å². The van der Waals surface area contributed by atoms with Crippen LogP contribution in [0.2, 0.25) is 0 Å². The number of H-pyrrole nitrogens is 1. The highest BCUT2D eigenvalue weighted by Gasteiger charge is 2.30. The third-order valence-electron chi connectivity index (χ3n) is 6.75. The maximum Gasteiger partial charge on any atom is 0.328 e. The Morgan fingerprint density at radius 3 is 2.43 bits per heavy atom. The minimum absolute atomic E-state index is 0.112. The number of carbonyl (C=O) groups excluding carboxylic acids is 3. The molecule has 0 aliphatic carbocycles. The van der Waals surface area contributed by atoms with Crippen molar-refractivity contribution < 1.29 is 24.4 Å². The van der Waals surface area contributed by atoms with E-state index in [-0.39, 0.29) is 23.2 Å². The molecule has 0 bridgehead atoms. The summed E-state index contributed by atoms with van der Waals surface area (Å²) in [4.78, 5) is 54.8. The molecule has 4 amide bonds. The molecule has 12 heteroatoms. The van der Waals surface area contributed by atoms with Crippen molar-refractivity contribution in [3.63, 3.8) is 0 Å². The standard InChI is InChI=1S/C30H26N6O6/c1-17(37)31-14-13-18-3-7-20(8-4-18)27(26-23-16-22(36(41)42)11-12-24(23)33-28(26)38)32-21-9-5-19(6-10-21)15-25-29(39)35(2)30(40)34-25/h3-12,15-16,33,38H,13-14H2,1-2H3,(H,31,37)(H,34,40)/b25-15-,32-27?. The molecule has 42 heavy (non-hydrogen) atoms. The predicted octanol–water partition coefficient (Wildman–Crippen LogP) is 4.15. The van der Waals surface area contributed by atoms with E-state index in [1.165, 1.54) is 32.2 Å². The van der Waals surface area contributed by atoms with Gasteiger partial charge in [-0.15, -0.1) is 0 Å². The van der Waals surface area contributed by atoms with Gasteiger partial charge in [-0.2, -0.15) is 0 Å². The Labute approximate surface area is 239 Å². The Morgan fingerprint density at radius 2 is 1.81 bits per heavy atom. The molecule has 0 unspecified atom stereocenters. The summed E-state index contributed by atoms with van der Waals surface area (Å²) < 4.78 is 0. The molecule has 0 saturated carbocycles. The molecular formula is C30H26N6O6. The van der Waals surface area contributed by atoms with Gasteiger partial charge in [0.05, 0.1) is 21.9 Å². The number of nitro benzene ring substituents is 1. The number of amides is 4. The predicted molar refractivity (Wildman–Crippen MR) is 156 cm³/mol. The van der Waals surface area contributed by atoms with E-state index in [0.29, 0.717) is 52.0 Å². The molecule has 1 aromatic heterocycles. The van der Waals surface area contributed by atoms with Crippen LogP contribution in [-0.2, 0) is 16.0 Å². The van der Waals surface area contributed by atoms with Crippen LogP contribution in [-0.4, -0.2) is 57.1 Å². The van der Waals surface area contributed by atoms with Crippen LogP contribution in [0.5, 0.6) is 5.88 Å². The second-order valence-corrected chi connectivity index (χ2v) is 9.67. The number of rotatable bonds is 8. The molecule has 0 radical (unpaired) electrons. The van der Waals surface area contributed by atoms with E-state index < -0.39 is 16.9 Å². The van der Waals surface area contributed by atoms with Crippen molar-refractivity contribution >= 4 is 51.9 Å². The second kappa shape index (κ2) is 11.4. The van der Waals surface area contributed by atoms with Gasteiger partial charge in [-0.05, 0) is 41.8 Å². The molecule has 4 N–H and O–H groups in total. The Morgan fingerprint density at radius 1 is 1.10 bits per heavy atom. The summed E-state index contributed by atoms with van der Waals surface area (Å²) in [5.41, 5.74) is 3.99. The van der Waals surface area contributed by atoms with Gasteiger partial charge >= 0.3 is 6.03 Å². The number of likely N-dealkylation sites (N-methyl/N-ethyl adjacent to an activating group) is 1. The number of imide groups is 1. The number of benzene rings is 3. The normalized spacial score (nSPS) is 14.5. The van der Waals surface area contributed by atoms with E-state index in [1.54, 1.807) is 30.3 Å². The van der Waals surface area contributed by atoms with Crippen molar-refractivity contribution in [2.45, 2.75) is 13.3 Å². The fraction of sp³-hybridized carbons (Fsp3) is 0.133. The van der Waals surface area contributed by atoms with Crippen LogP contribution in [0.15, 0.2) is 77.4 Å². The van der Waals surface area contributed by atoms with Crippen molar-refractivity contribution in [2.24, 2.45) is 4.99 Å². The topological polar surface area (TPSA) is 170 Å². The molecule has 2 heterocycles. The van der Waals surface area contributed by atoms with E-state index in [4.69, 9.17) is 4.99 Å². The number of fused-ring (bicyclic) bond motifs is 1. The van der Waals surface area contributed by atoms with E-state index >= 15 is 0 Å². The number of urea groups is 1. The molecule has 1 aliphatic heterocycles. The SMILES string of the molecule is CC(=O)NCCc1ccc(C(=Nc2ccc(/C=C3\NC(=O)N(C)C3=O)cc2)c2c(O)[nH]c3ccc([N+](=O)[O-])cc23)cc1. The molecule has 0 spiro atoms. The highest BCUT2D eigenvalue weighted by Crippen LogP contribution is 2.34. The van der Waals surface area contributed by atoms with Crippen molar-refractivity contribution in [3.8, 4) is 5.88 Å². The number of aliphatic imine (C=N–C) groups is 1. The summed E-state index contributed by atoms with van der Waals surface area (Å²) in [6, 6.07) is 18.1. The van der Waals surface area contributed by atoms with Crippen molar-refractivity contribution in [2.75, 3.05) is 13.6 Å². The zero-order chi connectivity index (χ0) is 30.0. The maximum atomic E-state index is 12.2. The minimum Gasteiger partial charge on any atom is -0.494 e. The molecule has 4 aromatic rings. The lowest BCUT2D eigenvalue weighted by atomic mass is 9.98. The molecule has 0 atom stereocenters. The average Bonchev–Trinajstić information content (AvgIpc) is 3.42. The second-order valence-electron chi connectivity index (χ2n) is 9.67.